The number of nitrogens with one attached hydrogen (secondary N) is 1. The van der Waals surface area contributed by atoms with Gasteiger partial charge in [0.2, 0.25) is 5.91 Å². The molecule has 7 heteroatoms. The number of benzene rings is 1. The second-order valence-corrected chi connectivity index (χ2v) is 5.52. The van der Waals surface area contributed by atoms with E-state index in [-0.39, 0.29) is 29.4 Å². The molecule has 0 aliphatic heterocycles. The first-order chi connectivity index (χ1) is 9.58. The van der Waals surface area contributed by atoms with E-state index in [0.29, 0.717) is 16.9 Å². The second-order valence-electron chi connectivity index (χ2n) is 4.84. The van der Waals surface area contributed by atoms with Crippen LogP contribution in [0.4, 0.5) is 4.39 Å². The molecule has 1 aromatic heterocycles. The number of hydrogen-bond acceptors (Lipinski definition) is 2. The van der Waals surface area contributed by atoms with Crippen LogP contribution in [0.5, 0.6) is 0 Å². The van der Waals surface area contributed by atoms with Crippen LogP contribution in [-0.4, -0.2) is 21.5 Å². The average Bonchev–Trinajstić information content (AvgIpc) is 3.15. The Balaban J connectivity index is 1.98. The summed E-state index contributed by atoms with van der Waals surface area (Å²) in [7, 11) is 0. The second kappa shape index (κ2) is 5.22. The van der Waals surface area contributed by atoms with Crippen molar-refractivity contribution >= 4 is 40.1 Å². The van der Waals surface area contributed by atoms with Gasteiger partial charge in [-0.15, -0.1) is 11.6 Å². The predicted octanol–water partition coefficient (Wildman–Crippen LogP) is 2.85. The van der Waals surface area contributed by atoms with Crippen molar-refractivity contribution in [1.29, 1.82) is 0 Å². The van der Waals surface area contributed by atoms with Crippen LogP contribution in [0.1, 0.15) is 18.7 Å². The van der Waals surface area contributed by atoms with Crippen molar-refractivity contribution in [3.8, 4) is 0 Å². The molecule has 1 saturated carbocycles. The molecule has 1 heterocycles. The highest BCUT2D eigenvalue weighted by Gasteiger charge is 2.24. The molecule has 1 aliphatic carbocycles. The van der Waals surface area contributed by atoms with Gasteiger partial charge in [0, 0.05) is 12.1 Å². The van der Waals surface area contributed by atoms with Gasteiger partial charge in [0.1, 0.15) is 18.2 Å². The molecule has 1 aliphatic rings. The Morgan fingerprint density at radius 3 is 2.90 bits per heavy atom. The zero-order chi connectivity index (χ0) is 14.3. The number of amides is 1. The van der Waals surface area contributed by atoms with Gasteiger partial charge in [-0.2, -0.15) is 0 Å². The van der Waals surface area contributed by atoms with Crippen molar-refractivity contribution in [2.45, 2.75) is 31.3 Å². The molecule has 1 fully saturated rings. The number of imidazole rings is 1. The van der Waals surface area contributed by atoms with Crippen LogP contribution < -0.4 is 5.32 Å². The maximum Gasteiger partial charge on any atom is 0.240 e. The topological polar surface area (TPSA) is 46.9 Å². The molecule has 1 N–H and O–H groups in total. The first-order valence-electron chi connectivity index (χ1n) is 6.28. The number of nitrogens with zero attached hydrogens (tertiary/aromatic N) is 2. The highest BCUT2D eigenvalue weighted by atomic mass is 35.5. The number of halogens is 3. The van der Waals surface area contributed by atoms with Gasteiger partial charge in [-0.1, -0.05) is 11.6 Å². The van der Waals surface area contributed by atoms with Gasteiger partial charge in [0.15, 0.2) is 0 Å². The summed E-state index contributed by atoms with van der Waals surface area (Å²) >= 11 is 11.6. The van der Waals surface area contributed by atoms with Gasteiger partial charge < -0.3 is 9.88 Å². The maximum absolute atomic E-state index is 13.4. The number of alkyl halides is 1. The van der Waals surface area contributed by atoms with E-state index in [4.69, 9.17) is 23.2 Å². The van der Waals surface area contributed by atoms with Gasteiger partial charge in [0.25, 0.3) is 0 Å². The Bertz CT molecular complexity index is 682. The summed E-state index contributed by atoms with van der Waals surface area (Å²) in [6.07, 6.45) is 2.05. The molecule has 2 aromatic rings. The Kier molecular flexibility index (Phi) is 3.56. The van der Waals surface area contributed by atoms with Crippen LogP contribution in [0.3, 0.4) is 0 Å². The van der Waals surface area contributed by atoms with Crippen molar-refractivity contribution in [3.63, 3.8) is 0 Å². The molecular weight excluding hydrogens is 304 g/mol. The normalized spacial score (nSPS) is 14.8. The number of carbonyl (C=O) groups is 1. The lowest BCUT2D eigenvalue weighted by Gasteiger charge is -2.08. The fraction of sp³-hybridized carbons (Fsp3) is 0.385. The van der Waals surface area contributed by atoms with E-state index in [1.807, 2.05) is 0 Å². The van der Waals surface area contributed by atoms with Crippen LogP contribution in [0.25, 0.3) is 11.0 Å². The third-order valence-electron chi connectivity index (χ3n) is 3.23. The fourth-order valence-corrected chi connectivity index (χ4v) is 2.45. The number of fused-ring (bicyclic) bond motifs is 1. The fourth-order valence-electron chi connectivity index (χ4n) is 2.09. The monoisotopic (exact) mass is 315 g/mol. The molecule has 0 atom stereocenters. The zero-order valence-corrected chi connectivity index (χ0v) is 12.0. The third-order valence-corrected chi connectivity index (χ3v) is 3.76. The van der Waals surface area contributed by atoms with Crippen molar-refractivity contribution in [2.24, 2.45) is 0 Å². The van der Waals surface area contributed by atoms with E-state index in [9.17, 15) is 9.18 Å². The van der Waals surface area contributed by atoms with Crippen molar-refractivity contribution < 1.29 is 9.18 Å². The third kappa shape index (κ3) is 2.60. The smallest absolute Gasteiger partial charge is 0.240 e. The minimum atomic E-state index is -0.535. The molecule has 0 radical (unpaired) electrons. The van der Waals surface area contributed by atoms with E-state index in [1.165, 1.54) is 12.1 Å². The summed E-state index contributed by atoms with van der Waals surface area (Å²) in [5.74, 6) is 0.0326. The molecule has 0 bridgehead atoms. The number of aromatic nitrogens is 2. The molecule has 0 unspecified atom stereocenters. The van der Waals surface area contributed by atoms with E-state index in [0.717, 1.165) is 12.8 Å². The SMILES string of the molecule is O=C(Cn1c(CCl)nc2cc(F)c(Cl)cc21)NC1CC1. The van der Waals surface area contributed by atoms with E-state index >= 15 is 0 Å². The zero-order valence-electron chi connectivity index (χ0n) is 10.5. The van der Waals surface area contributed by atoms with Crippen molar-refractivity contribution in [2.75, 3.05) is 0 Å². The summed E-state index contributed by atoms with van der Waals surface area (Å²) in [6.45, 7) is 0.108. The van der Waals surface area contributed by atoms with Gasteiger partial charge in [-0.3, -0.25) is 4.79 Å². The number of hydrogen-bond donors (Lipinski definition) is 1. The Labute approximate surface area is 124 Å². The van der Waals surface area contributed by atoms with Gasteiger partial charge in [-0.05, 0) is 18.9 Å². The summed E-state index contributed by atoms with van der Waals surface area (Å²) < 4.78 is 15.1. The lowest BCUT2D eigenvalue weighted by molar-refractivity contribution is -0.121. The molecular formula is C13H12Cl2FN3O. The van der Waals surface area contributed by atoms with Gasteiger partial charge in [-0.25, -0.2) is 9.37 Å². The summed E-state index contributed by atoms with van der Waals surface area (Å²) in [5, 5.41) is 2.90. The largest absolute Gasteiger partial charge is 0.352 e. The van der Waals surface area contributed by atoms with Crippen LogP contribution in [0.15, 0.2) is 12.1 Å². The van der Waals surface area contributed by atoms with Crippen molar-refractivity contribution in [1.82, 2.24) is 14.9 Å². The highest BCUT2D eigenvalue weighted by Crippen LogP contribution is 2.25. The van der Waals surface area contributed by atoms with Crippen molar-refractivity contribution in [3.05, 3.63) is 28.8 Å². The van der Waals surface area contributed by atoms with Gasteiger partial charge in [0.05, 0.1) is 21.9 Å². The summed E-state index contributed by atoms with van der Waals surface area (Å²) in [6, 6.07) is 3.01. The maximum atomic E-state index is 13.4. The average molecular weight is 316 g/mol. The molecule has 0 saturated heterocycles. The first kappa shape index (κ1) is 13.6. The molecule has 1 amide bonds. The quantitative estimate of drug-likeness (QED) is 0.882. The molecule has 3 rings (SSSR count). The Morgan fingerprint density at radius 1 is 1.50 bits per heavy atom. The first-order valence-corrected chi connectivity index (χ1v) is 7.19. The highest BCUT2D eigenvalue weighted by molar-refractivity contribution is 6.31. The molecule has 4 nitrogen and oxygen atoms in total. The summed E-state index contributed by atoms with van der Waals surface area (Å²) in [5.41, 5.74) is 1.06. The van der Waals surface area contributed by atoms with Crippen LogP contribution in [-0.2, 0) is 17.2 Å². The lowest BCUT2D eigenvalue weighted by atomic mass is 10.3. The Morgan fingerprint density at radius 2 is 2.25 bits per heavy atom. The minimum absolute atomic E-state index is 0.00220. The standard InChI is InChI=1S/C13H12Cl2FN3O/c14-5-12-18-10-4-9(16)8(15)3-11(10)19(12)6-13(20)17-7-1-2-7/h3-4,7H,1-2,5-6H2,(H,17,20). The lowest BCUT2D eigenvalue weighted by Crippen LogP contribution is -2.29. The van der Waals surface area contributed by atoms with E-state index in [2.05, 4.69) is 10.3 Å². The molecule has 106 valence electrons. The van der Waals surface area contributed by atoms with Gasteiger partial charge >= 0.3 is 0 Å². The summed E-state index contributed by atoms with van der Waals surface area (Å²) in [4.78, 5) is 16.1. The van der Waals surface area contributed by atoms with Crippen LogP contribution in [0.2, 0.25) is 5.02 Å². The number of carbonyl (C=O) groups excluding carboxylic acids is 1. The molecule has 0 spiro atoms. The Hall–Kier alpha value is -1.33. The van der Waals surface area contributed by atoms with Crippen LogP contribution in [0, 0.1) is 5.82 Å². The predicted molar refractivity (Wildman–Crippen MR) is 75.4 cm³/mol. The van der Waals surface area contributed by atoms with E-state index < -0.39 is 5.82 Å². The van der Waals surface area contributed by atoms with E-state index in [1.54, 1.807) is 4.57 Å². The molecule has 1 aromatic carbocycles. The van der Waals surface area contributed by atoms with Crippen LogP contribution >= 0.6 is 23.2 Å². The molecule has 20 heavy (non-hydrogen) atoms. The number of rotatable bonds is 4. The minimum Gasteiger partial charge on any atom is -0.352 e.